The number of benzene rings is 2. The van der Waals surface area contributed by atoms with Gasteiger partial charge in [-0.25, -0.2) is 9.18 Å². The van der Waals surface area contributed by atoms with Crippen LogP contribution in [-0.4, -0.2) is 24.8 Å². The lowest BCUT2D eigenvalue weighted by Crippen LogP contribution is -2.36. The van der Waals surface area contributed by atoms with Crippen LogP contribution in [0.15, 0.2) is 12.1 Å². The number of methoxy groups -OCH3 is 1. The van der Waals surface area contributed by atoms with Gasteiger partial charge in [-0.2, -0.15) is 0 Å². The van der Waals surface area contributed by atoms with E-state index >= 15 is 4.39 Å². The summed E-state index contributed by atoms with van der Waals surface area (Å²) in [6, 6.07) is 3.00. The number of esters is 2. The first-order chi connectivity index (χ1) is 18.5. The molecule has 2 aromatic rings. The van der Waals surface area contributed by atoms with Crippen LogP contribution in [0.4, 0.5) is 4.39 Å². The van der Waals surface area contributed by atoms with Gasteiger partial charge in [0.2, 0.25) is 0 Å². The highest BCUT2D eigenvalue weighted by Crippen LogP contribution is 2.59. The first kappa shape index (κ1) is 27.2. The molecule has 2 aliphatic carbocycles. The third kappa shape index (κ3) is 4.28. The van der Waals surface area contributed by atoms with Crippen molar-refractivity contribution in [2.75, 3.05) is 7.11 Å². The highest BCUT2D eigenvalue weighted by molar-refractivity contribution is 6.05. The minimum atomic E-state index is -0.807. The minimum Gasteiger partial charge on any atom is -0.495 e. The smallest absolute Gasteiger partial charge is 0.346 e. The van der Waals surface area contributed by atoms with E-state index in [1.54, 1.807) is 13.8 Å². The predicted octanol–water partition coefficient (Wildman–Crippen LogP) is 6.87. The normalized spacial score (nSPS) is 23.3. The summed E-state index contributed by atoms with van der Waals surface area (Å²) in [5.41, 5.74) is 0.241. The van der Waals surface area contributed by atoms with Gasteiger partial charge in [-0.3, -0.25) is 9.59 Å². The van der Waals surface area contributed by atoms with Crippen LogP contribution in [0.2, 0.25) is 0 Å². The number of Topliss-reactive ketones (excluding diaryl/α,β-unsaturated/α-hetero) is 1. The Kier molecular flexibility index (Phi) is 6.93. The van der Waals surface area contributed by atoms with Crippen LogP contribution in [0, 0.1) is 42.8 Å². The van der Waals surface area contributed by atoms with Crippen molar-refractivity contribution in [3.63, 3.8) is 0 Å². The van der Waals surface area contributed by atoms with Gasteiger partial charge in [0.05, 0.1) is 23.7 Å². The average Bonchev–Trinajstić information content (AvgIpc) is 3.40. The number of hydrogen-bond acceptors (Lipinski definition) is 7. The molecule has 8 heteroatoms. The molecule has 5 rings (SSSR count). The van der Waals surface area contributed by atoms with E-state index in [1.165, 1.54) is 19.2 Å². The largest absolute Gasteiger partial charge is 0.495 e. The number of halogens is 1. The zero-order valence-corrected chi connectivity index (χ0v) is 23.4. The zero-order valence-electron chi connectivity index (χ0n) is 23.4. The van der Waals surface area contributed by atoms with Crippen LogP contribution in [0.25, 0.3) is 0 Å². The fraction of sp³-hybridized carbons (Fsp3) is 0.516. The Morgan fingerprint density at radius 1 is 1.08 bits per heavy atom. The number of carbonyl (C=O) groups is 3. The predicted molar refractivity (Wildman–Crippen MR) is 141 cm³/mol. The van der Waals surface area contributed by atoms with Crippen molar-refractivity contribution in [1.29, 1.82) is 0 Å². The van der Waals surface area contributed by atoms with Crippen molar-refractivity contribution in [2.45, 2.75) is 73.3 Å². The topological polar surface area (TPSA) is 88.1 Å². The monoisotopic (exact) mass is 538 g/mol. The third-order valence-electron chi connectivity index (χ3n) is 9.02. The molecule has 0 radical (unpaired) electrons. The Bertz CT molecular complexity index is 1360. The standard InChI is InChI=1S/C31H35FO7/c1-15(2)13-22(33)20-11-12-23-24(27(20)36-6)29(34)37-14-21-25(32)16(3)17(4)26(28(21)38-23)39-30(35)31(5)18-7-8-19(31)10-9-18/h11-12,15,18-19H,7-10,13-14H2,1-6H3. The Hall–Kier alpha value is -3.42. The number of rotatable bonds is 6. The lowest BCUT2D eigenvalue weighted by molar-refractivity contribution is -0.147. The summed E-state index contributed by atoms with van der Waals surface area (Å²) in [7, 11) is 1.36. The van der Waals surface area contributed by atoms with E-state index in [2.05, 4.69) is 0 Å². The summed E-state index contributed by atoms with van der Waals surface area (Å²) >= 11 is 0. The molecule has 0 spiro atoms. The molecule has 0 amide bonds. The van der Waals surface area contributed by atoms with E-state index in [9.17, 15) is 14.4 Å². The van der Waals surface area contributed by atoms with Crippen molar-refractivity contribution in [3.8, 4) is 23.0 Å². The first-order valence-electron chi connectivity index (χ1n) is 13.6. The van der Waals surface area contributed by atoms with Crippen LogP contribution in [0.1, 0.15) is 90.3 Å². The quantitative estimate of drug-likeness (QED) is 0.225. The maximum atomic E-state index is 15.5. The van der Waals surface area contributed by atoms with Gasteiger partial charge in [-0.05, 0) is 81.9 Å². The molecule has 0 saturated heterocycles. The van der Waals surface area contributed by atoms with Crippen molar-refractivity contribution < 1.29 is 37.7 Å². The van der Waals surface area contributed by atoms with Gasteiger partial charge in [0.15, 0.2) is 17.3 Å². The average molecular weight is 539 g/mol. The lowest BCUT2D eigenvalue weighted by Gasteiger charge is -2.29. The second-order valence-corrected chi connectivity index (χ2v) is 11.6. The summed E-state index contributed by atoms with van der Waals surface area (Å²) in [4.78, 5) is 39.8. The molecule has 208 valence electrons. The summed E-state index contributed by atoms with van der Waals surface area (Å²) in [6.07, 6.45) is 4.24. The molecule has 0 N–H and O–H groups in total. The number of cyclic esters (lactones) is 1. The van der Waals surface area contributed by atoms with Crippen molar-refractivity contribution in [3.05, 3.63) is 45.8 Å². The molecular formula is C31H35FO7. The number of ketones is 1. The SMILES string of the molecule is COc1c(C(=O)CC(C)C)ccc2c1C(=O)OCc1c(F)c(C)c(C)c(OC(=O)C3(C)C4CCC3CC4)c1O2. The van der Waals surface area contributed by atoms with Crippen LogP contribution >= 0.6 is 0 Å². The number of fused-ring (bicyclic) bond motifs is 4. The van der Waals surface area contributed by atoms with Gasteiger partial charge in [-0.15, -0.1) is 0 Å². The van der Waals surface area contributed by atoms with Gasteiger partial charge in [0, 0.05) is 12.0 Å². The molecule has 2 saturated carbocycles. The van der Waals surface area contributed by atoms with E-state index in [0.717, 1.165) is 25.7 Å². The van der Waals surface area contributed by atoms with Crippen LogP contribution in [0.5, 0.6) is 23.0 Å². The van der Waals surface area contributed by atoms with E-state index < -0.39 is 23.8 Å². The maximum absolute atomic E-state index is 15.5. The Morgan fingerprint density at radius 2 is 1.72 bits per heavy atom. The fourth-order valence-electron chi connectivity index (χ4n) is 6.57. The highest BCUT2D eigenvalue weighted by atomic mass is 19.1. The van der Waals surface area contributed by atoms with Gasteiger partial charge in [0.25, 0.3) is 0 Å². The second-order valence-electron chi connectivity index (χ2n) is 11.6. The fourth-order valence-corrected chi connectivity index (χ4v) is 6.57. The third-order valence-corrected chi connectivity index (χ3v) is 9.02. The van der Waals surface area contributed by atoms with Gasteiger partial charge in [0.1, 0.15) is 29.5 Å². The molecule has 2 fully saturated rings. The van der Waals surface area contributed by atoms with Gasteiger partial charge < -0.3 is 18.9 Å². The van der Waals surface area contributed by atoms with Crippen LogP contribution in [-0.2, 0) is 16.1 Å². The summed E-state index contributed by atoms with van der Waals surface area (Å²) in [5, 5.41) is 0. The van der Waals surface area contributed by atoms with E-state index in [4.69, 9.17) is 18.9 Å². The number of carbonyl (C=O) groups excluding carboxylic acids is 3. The number of ether oxygens (including phenoxy) is 4. The number of hydrogen-bond donors (Lipinski definition) is 0. The molecule has 0 aromatic heterocycles. The van der Waals surface area contributed by atoms with Crippen molar-refractivity contribution >= 4 is 17.7 Å². The summed E-state index contributed by atoms with van der Waals surface area (Å²) < 4.78 is 38.9. The van der Waals surface area contributed by atoms with Crippen molar-refractivity contribution in [2.24, 2.45) is 23.2 Å². The highest BCUT2D eigenvalue weighted by Gasteiger charge is 2.57. The molecule has 0 atom stereocenters. The van der Waals surface area contributed by atoms with E-state index in [0.29, 0.717) is 5.56 Å². The maximum Gasteiger partial charge on any atom is 0.346 e. The second kappa shape index (κ2) is 9.96. The van der Waals surface area contributed by atoms with E-state index in [1.807, 2.05) is 20.8 Å². The molecule has 0 unspecified atom stereocenters. The Balaban J connectivity index is 1.62. The van der Waals surface area contributed by atoms with Crippen LogP contribution < -0.4 is 14.2 Å². The Labute approximate surface area is 228 Å². The van der Waals surface area contributed by atoms with Gasteiger partial charge >= 0.3 is 11.9 Å². The molecule has 1 aliphatic heterocycles. The summed E-state index contributed by atoms with van der Waals surface area (Å²) in [6.45, 7) is 8.64. The zero-order chi connectivity index (χ0) is 28.2. The Morgan fingerprint density at radius 3 is 2.31 bits per heavy atom. The molecule has 7 nitrogen and oxygen atoms in total. The molecule has 39 heavy (non-hydrogen) atoms. The van der Waals surface area contributed by atoms with Crippen molar-refractivity contribution in [1.82, 2.24) is 0 Å². The first-order valence-corrected chi connectivity index (χ1v) is 13.6. The van der Waals surface area contributed by atoms with Crippen LogP contribution in [0.3, 0.4) is 0 Å². The minimum absolute atomic E-state index is 0.0154. The summed E-state index contributed by atoms with van der Waals surface area (Å²) in [5.74, 6) is -1.18. The molecule has 2 bridgehead atoms. The molecule has 3 aliphatic rings. The van der Waals surface area contributed by atoms with E-state index in [-0.39, 0.29) is 81.2 Å². The molecule has 1 heterocycles. The lowest BCUT2D eigenvalue weighted by atomic mass is 9.80. The molecular weight excluding hydrogens is 503 g/mol. The molecule has 2 aromatic carbocycles. The van der Waals surface area contributed by atoms with Gasteiger partial charge in [-0.1, -0.05) is 13.8 Å².